The van der Waals surface area contributed by atoms with Crippen molar-refractivity contribution in [2.45, 2.75) is 6.92 Å². The number of ether oxygens (including phenoxy) is 1. The lowest BCUT2D eigenvalue weighted by molar-refractivity contribution is 0.339. The molecule has 2 aromatic carbocycles. The number of hydrogen-bond acceptors (Lipinski definition) is 3. The Morgan fingerprint density at radius 2 is 1.81 bits per heavy atom. The molecule has 0 heterocycles. The standard InChI is InChI=1S/C18H14N2O/c1-2-21-18-6-4-3-5-16(18)11-17(13-20)15-9-7-14(12-19)8-10-15/h3-11H,2H2,1H3/b17-11+. The van der Waals surface area contributed by atoms with E-state index in [1.807, 2.05) is 31.2 Å². The van der Waals surface area contributed by atoms with Crippen LogP contribution in [0.5, 0.6) is 5.75 Å². The molecule has 0 N–H and O–H groups in total. The minimum Gasteiger partial charge on any atom is -0.493 e. The largest absolute Gasteiger partial charge is 0.493 e. The lowest BCUT2D eigenvalue weighted by atomic mass is 10.0. The van der Waals surface area contributed by atoms with Crippen LogP contribution in [0, 0.1) is 22.7 Å². The molecule has 0 saturated carbocycles. The summed E-state index contributed by atoms with van der Waals surface area (Å²) in [5.41, 5.74) is 2.75. The van der Waals surface area contributed by atoms with Crippen molar-refractivity contribution >= 4 is 11.6 Å². The molecule has 2 rings (SSSR count). The van der Waals surface area contributed by atoms with E-state index >= 15 is 0 Å². The number of rotatable bonds is 4. The van der Waals surface area contributed by atoms with Gasteiger partial charge in [-0.05, 0) is 36.8 Å². The molecule has 2 aromatic rings. The summed E-state index contributed by atoms with van der Waals surface area (Å²) in [5.74, 6) is 0.751. The van der Waals surface area contributed by atoms with Crippen LogP contribution >= 0.6 is 0 Å². The van der Waals surface area contributed by atoms with Crippen LogP contribution in [-0.2, 0) is 0 Å². The summed E-state index contributed by atoms with van der Waals surface area (Å²) in [4.78, 5) is 0. The van der Waals surface area contributed by atoms with Gasteiger partial charge in [-0.15, -0.1) is 0 Å². The average Bonchev–Trinajstić information content (AvgIpc) is 2.54. The van der Waals surface area contributed by atoms with Gasteiger partial charge in [0.15, 0.2) is 0 Å². The van der Waals surface area contributed by atoms with Crippen LogP contribution in [0.3, 0.4) is 0 Å². The molecule has 0 bridgehead atoms. The van der Waals surface area contributed by atoms with Crippen LogP contribution in [0.4, 0.5) is 0 Å². The predicted octanol–water partition coefficient (Wildman–Crippen LogP) is 4.02. The first-order valence-corrected chi connectivity index (χ1v) is 6.62. The average molecular weight is 274 g/mol. The molecule has 0 aromatic heterocycles. The van der Waals surface area contributed by atoms with Gasteiger partial charge in [0.2, 0.25) is 0 Å². The number of hydrogen-bond donors (Lipinski definition) is 0. The van der Waals surface area contributed by atoms with Gasteiger partial charge in [-0.2, -0.15) is 10.5 Å². The molecule has 0 unspecified atom stereocenters. The third-order valence-corrected chi connectivity index (χ3v) is 2.96. The van der Waals surface area contributed by atoms with Gasteiger partial charge in [0.25, 0.3) is 0 Å². The molecule has 0 aliphatic carbocycles. The van der Waals surface area contributed by atoms with E-state index in [4.69, 9.17) is 10.00 Å². The summed E-state index contributed by atoms with van der Waals surface area (Å²) in [6.45, 7) is 2.50. The monoisotopic (exact) mass is 274 g/mol. The lowest BCUT2D eigenvalue weighted by Crippen LogP contribution is -1.93. The molecule has 21 heavy (non-hydrogen) atoms. The maximum absolute atomic E-state index is 9.36. The first-order chi connectivity index (χ1) is 10.3. The highest BCUT2D eigenvalue weighted by molar-refractivity contribution is 5.90. The fourth-order valence-electron chi connectivity index (χ4n) is 1.95. The molecule has 3 nitrogen and oxygen atoms in total. The fraction of sp³-hybridized carbons (Fsp3) is 0.111. The zero-order valence-corrected chi connectivity index (χ0v) is 11.7. The van der Waals surface area contributed by atoms with Crippen molar-refractivity contribution < 1.29 is 4.74 Å². The maximum atomic E-state index is 9.36. The highest BCUT2D eigenvalue weighted by atomic mass is 16.5. The second-order valence-corrected chi connectivity index (χ2v) is 4.33. The smallest absolute Gasteiger partial charge is 0.126 e. The summed E-state index contributed by atoms with van der Waals surface area (Å²) >= 11 is 0. The van der Waals surface area contributed by atoms with E-state index in [1.165, 1.54) is 0 Å². The molecule has 0 spiro atoms. The van der Waals surface area contributed by atoms with Crippen molar-refractivity contribution in [2.24, 2.45) is 0 Å². The quantitative estimate of drug-likeness (QED) is 0.625. The first-order valence-electron chi connectivity index (χ1n) is 6.62. The third kappa shape index (κ3) is 3.49. The van der Waals surface area contributed by atoms with Gasteiger partial charge >= 0.3 is 0 Å². The lowest BCUT2D eigenvalue weighted by Gasteiger charge is -2.07. The Morgan fingerprint density at radius 1 is 1.10 bits per heavy atom. The molecular weight excluding hydrogens is 260 g/mol. The molecule has 0 radical (unpaired) electrons. The molecular formula is C18H14N2O. The van der Waals surface area contributed by atoms with E-state index in [1.54, 1.807) is 30.3 Å². The summed E-state index contributed by atoms with van der Waals surface area (Å²) in [6.07, 6.45) is 1.80. The fourth-order valence-corrected chi connectivity index (χ4v) is 1.95. The molecule has 0 amide bonds. The van der Waals surface area contributed by atoms with Crippen LogP contribution < -0.4 is 4.74 Å². The van der Waals surface area contributed by atoms with E-state index in [9.17, 15) is 5.26 Å². The van der Waals surface area contributed by atoms with Crippen LogP contribution in [0.1, 0.15) is 23.6 Å². The van der Waals surface area contributed by atoms with E-state index in [0.717, 1.165) is 16.9 Å². The minimum absolute atomic E-state index is 0.534. The maximum Gasteiger partial charge on any atom is 0.126 e. The van der Waals surface area contributed by atoms with Gasteiger partial charge in [0.05, 0.1) is 29.9 Å². The predicted molar refractivity (Wildman–Crippen MR) is 82.3 cm³/mol. The minimum atomic E-state index is 0.534. The molecule has 0 atom stereocenters. The molecule has 0 saturated heterocycles. The Kier molecular flexibility index (Phi) is 4.75. The molecule has 0 aliphatic heterocycles. The summed E-state index contributed by atoms with van der Waals surface area (Å²) in [5, 5.41) is 18.2. The summed E-state index contributed by atoms with van der Waals surface area (Å²) < 4.78 is 5.56. The van der Waals surface area contributed by atoms with Crippen molar-refractivity contribution in [2.75, 3.05) is 6.61 Å². The van der Waals surface area contributed by atoms with Crippen LogP contribution in [0.15, 0.2) is 48.5 Å². The van der Waals surface area contributed by atoms with E-state index < -0.39 is 0 Å². The van der Waals surface area contributed by atoms with Crippen molar-refractivity contribution in [3.63, 3.8) is 0 Å². The number of allylic oxidation sites excluding steroid dienone is 1. The summed E-state index contributed by atoms with van der Waals surface area (Å²) in [6, 6.07) is 18.8. The van der Waals surface area contributed by atoms with Gasteiger partial charge in [-0.1, -0.05) is 30.3 Å². The molecule has 0 aliphatic rings. The number of nitriles is 2. The normalized spacial score (nSPS) is 10.5. The van der Waals surface area contributed by atoms with Gasteiger partial charge in [0.1, 0.15) is 5.75 Å². The Bertz CT molecular complexity index is 731. The van der Waals surface area contributed by atoms with Crippen LogP contribution in [-0.4, -0.2) is 6.61 Å². The van der Waals surface area contributed by atoms with Crippen LogP contribution in [0.25, 0.3) is 11.6 Å². The van der Waals surface area contributed by atoms with Gasteiger partial charge in [0, 0.05) is 5.56 Å². The van der Waals surface area contributed by atoms with E-state index in [0.29, 0.717) is 17.7 Å². The number of benzene rings is 2. The topological polar surface area (TPSA) is 56.8 Å². The second kappa shape index (κ2) is 6.93. The molecule has 3 heteroatoms. The highest BCUT2D eigenvalue weighted by Gasteiger charge is 2.05. The van der Waals surface area contributed by atoms with Gasteiger partial charge in [-0.25, -0.2) is 0 Å². The van der Waals surface area contributed by atoms with Crippen molar-refractivity contribution in [3.8, 4) is 17.9 Å². The molecule has 0 fully saturated rings. The SMILES string of the molecule is CCOc1ccccc1/C=C(\C#N)c1ccc(C#N)cc1. The zero-order valence-electron chi connectivity index (χ0n) is 11.7. The summed E-state index contributed by atoms with van der Waals surface area (Å²) in [7, 11) is 0. The number of nitrogens with zero attached hydrogens (tertiary/aromatic N) is 2. The van der Waals surface area contributed by atoms with Crippen molar-refractivity contribution in [1.82, 2.24) is 0 Å². The van der Waals surface area contributed by atoms with E-state index in [-0.39, 0.29) is 0 Å². The number of para-hydroxylation sites is 1. The van der Waals surface area contributed by atoms with Crippen molar-refractivity contribution in [1.29, 1.82) is 10.5 Å². The zero-order chi connectivity index (χ0) is 15.1. The third-order valence-electron chi connectivity index (χ3n) is 2.96. The Labute approximate surface area is 124 Å². The first kappa shape index (κ1) is 14.4. The van der Waals surface area contributed by atoms with Crippen molar-refractivity contribution in [3.05, 3.63) is 65.2 Å². The Balaban J connectivity index is 2.41. The Morgan fingerprint density at radius 3 is 2.43 bits per heavy atom. The molecule has 102 valence electrons. The second-order valence-electron chi connectivity index (χ2n) is 4.33. The Hall–Kier alpha value is -3.04. The van der Waals surface area contributed by atoms with E-state index in [2.05, 4.69) is 12.1 Å². The van der Waals surface area contributed by atoms with Gasteiger partial charge < -0.3 is 4.74 Å². The van der Waals surface area contributed by atoms with Crippen LogP contribution in [0.2, 0.25) is 0 Å². The van der Waals surface area contributed by atoms with Gasteiger partial charge in [-0.3, -0.25) is 0 Å². The highest BCUT2D eigenvalue weighted by Crippen LogP contribution is 2.24.